The molecule has 0 radical (unpaired) electrons. The Bertz CT molecular complexity index is 2720. The van der Waals surface area contributed by atoms with Gasteiger partial charge in [0, 0.05) is 32.6 Å². The Kier molecular flexibility index (Phi) is 62.2. The van der Waals surface area contributed by atoms with Crippen LogP contribution in [0.25, 0.3) is 0 Å². The smallest absolute Gasteiger partial charge is 0.246 e. The van der Waals surface area contributed by atoms with E-state index in [9.17, 15) is 79.5 Å². The molecule has 1 saturated carbocycles. The third-order valence-corrected chi connectivity index (χ3v) is 21.2. The normalized spacial score (nSPS) is 24.4. The summed E-state index contributed by atoms with van der Waals surface area (Å²) in [6.45, 7) is 2.64. The summed E-state index contributed by atoms with van der Waals surface area (Å²) in [6, 6.07) is -6.66. The number of carbonyl (C=O) groups is 7. The molecule has 3 aliphatic heterocycles. The molecule has 712 valence electrons. The lowest BCUT2D eigenvalue weighted by atomic mass is 9.85. The fraction of sp³-hybridized carbons (Fsp3) is 0.914. The molecule has 0 aromatic rings. The largest absolute Gasteiger partial charge is 0.394 e. The highest BCUT2D eigenvalue weighted by Crippen LogP contribution is 2.27. The minimum Gasteiger partial charge on any atom is -0.394 e. The second-order valence-electron chi connectivity index (χ2n) is 31.1. The Morgan fingerprint density at radius 2 is 0.631 bits per heavy atom. The van der Waals surface area contributed by atoms with E-state index in [0.717, 1.165) is 44.9 Å². The summed E-state index contributed by atoms with van der Waals surface area (Å²) in [5.41, 5.74) is 17.7. The predicted molar refractivity (Wildman–Crippen MR) is 439 cm³/mol. The fourth-order valence-corrected chi connectivity index (χ4v) is 13.5. The number of rotatable bonds is 76. The van der Waals surface area contributed by atoms with E-state index < -0.39 is 172 Å². The number of aliphatic hydroxyl groups is 9. The van der Waals surface area contributed by atoms with Crippen molar-refractivity contribution in [2.45, 2.75) is 284 Å². The lowest BCUT2D eigenvalue weighted by Crippen LogP contribution is -2.62. The number of nitrogens with one attached hydrogen (secondary N) is 7. The van der Waals surface area contributed by atoms with Gasteiger partial charge in [-0.25, -0.2) is 0 Å². The van der Waals surface area contributed by atoms with Crippen LogP contribution in [-0.2, 0) is 105 Å². The van der Waals surface area contributed by atoms with Crippen LogP contribution >= 0.6 is 0 Å². The zero-order chi connectivity index (χ0) is 88.8. The van der Waals surface area contributed by atoms with Crippen LogP contribution in [0.5, 0.6) is 0 Å². The number of ether oxygens (including phenoxy) is 15. The van der Waals surface area contributed by atoms with Gasteiger partial charge >= 0.3 is 0 Å². The van der Waals surface area contributed by atoms with Crippen molar-refractivity contribution in [2.75, 3.05) is 185 Å². The van der Waals surface area contributed by atoms with Crippen molar-refractivity contribution in [1.29, 1.82) is 0 Å². The van der Waals surface area contributed by atoms with Gasteiger partial charge < -0.3 is 171 Å². The number of hydrogen-bond acceptors (Lipinski definition) is 34. The summed E-state index contributed by atoms with van der Waals surface area (Å²) >= 11 is 0. The standard InChI is InChI=1S/C81H152N10O31/c1-2-3-4-5-6-7-8-9-10-11-12-13-14-27-63(95)85-28-18-15-24-57(76(105)88-49-56-22-21-23-56)90-78(107)59(26-17-20-30-87-65(97)54-115-41-38-109-32-35-112-44-47-118-80-68(83)74(103)71(100)61(51-93)121-80)91-77(106)58(89-66(98)55-116-42-39-110-33-36-113-45-48-119-81-69(84)75(104)72(101)62(52-94)122-81)25-16-19-29-86-64(96)53-114-40-37-108-31-34-111-43-46-117-79-67(82)73(102)70(99)60(50-92)120-79/h56-62,67-75,79-81,92-94,99-104H,2-55,82-84H2,1H3,(H,85,95)(H,86,96)(H,87,97)(H,88,105)(H,89,98)(H,90,107)(H,91,106)/t57?,58?,59?,60-,61-,62-,67-,68-,69-,70+,71+,72+,73-,74-,75-,79-,80-,81-/m1/s1. The average molecular weight is 1760 g/mol. The van der Waals surface area contributed by atoms with Gasteiger partial charge in [0.2, 0.25) is 41.4 Å². The summed E-state index contributed by atoms with van der Waals surface area (Å²) in [4.78, 5) is 95.7. The Hall–Kier alpha value is -4.79. The molecule has 0 spiro atoms. The minimum absolute atomic E-state index is 0.00999. The van der Waals surface area contributed by atoms with Gasteiger partial charge in [0.15, 0.2) is 18.9 Å². The van der Waals surface area contributed by atoms with E-state index in [1.807, 2.05) is 0 Å². The highest BCUT2D eigenvalue weighted by atomic mass is 16.7. The Morgan fingerprint density at radius 1 is 0.336 bits per heavy atom. The van der Waals surface area contributed by atoms with Gasteiger partial charge in [0.25, 0.3) is 0 Å². The maximum Gasteiger partial charge on any atom is 0.246 e. The number of hydrogen-bond donors (Lipinski definition) is 19. The number of amides is 7. The molecule has 7 amide bonds. The maximum absolute atomic E-state index is 14.7. The van der Waals surface area contributed by atoms with Crippen molar-refractivity contribution in [3.8, 4) is 0 Å². The molecule has 41 nitrogen and oxygen atoms in total. The van der Waals surface area contributed by atoms with Crippen LogP contribution in [0.15, 0.2) is 0 Å². The predicted octanol–water partition coefficient (Wildman–Crippen LogP) is -3.80. The number of carbonyl (C=O) groups excluding carboxylic acids is 7. The van der Waals surface area contributed by atoms with Gasteiger partial charge in [0.1, 0.15) is 92.9 Å². The summed E-state index contributed by atoms with van der Waals surface area (Å²) in [6.07, 6.45) is 6.96. The monoisotopic (exact) mass is 1760 g/mol. The SMILES string of the molecule is CCCCCCCCCCCCCCCC(=O)NCCCCC(NC(=O)C(CCCCNC(=O)COCCOCCOCCO[C@@H]1O[C@H](CO)[C@H](O)[C@H](O)[C@H]1N)NC(=O)C(CCCCNC(=O)COCCOCCOCCO[C@@H]1O[C@H](CO)[C@H](O)[C@H](O)[C@H]1N)NC(=O)COCCOCCOCCO[C@@H]1O[C@H](CO)[C@H](O)[C@H](O)[C@H]1N)C(=O)NCC1CCC1. The Morgan fingerprint density at radius 3 is 0.959 bits per heavy atom. The number of nitrogens with two attached hydrogens (primary N) is 3. The molecular formula is C81H152N10O31. The number of aliphatic hydroxyl groups excluding tert-OH is 9. The molecule has 0 bridgehead atoms. The summed E-state index contributed by atoms with van der Waals surface area (Å²) in [5.74, 6) is -3.05. The lowest BCUT2D eigenvalue weighted by molar-refractivity contribution is -0.267. The van der Waals surface area contributed by atoms with E-state index in [0.29, 0.717) is 51.1 Å². The molecule has 122 heavy (non-hydrogen) atoms. The third-order valence-electron chi connectivity index (χ3n) is 21.2. The van der Waals surface area contributed by atoms with Crippen LogP contribution in [0.2, 0.25) is 0 Å². The quantitative estimate of drug-likeness (QED) is 0.0260. The van der Waals surface area contributed by atoms with Gasteiger partial charge in [-0.1, -0.05) is 90.4 Å². The highest BCUT2D eigenvalue weighted by molar-refractivity contribution is 5.94. The fourth-order valence-electron chi connectivity index (χ4n) is 13.5. The molecule has 4 fully saturated rings. The van der Waals surface area contributed by atoms with E-state index in [-0.39, 0.29) is 183 Å². The molecule has 0 aromatic heterocycles. The van der Waals surface area contributed by atoms with Gasteiger partial charge in [-0.3, -0.25) is 33.6 Å². The first-order chi connectivity index (χ1) is 59.1. The molecule has 4 aliphatic rings. The van der Waals surface area contributed by atoms with Gasteiger partial charge in [-0.2, -0.15) is 0 Å². The van der Waals surface area contributed by atoms with E-state index in [2.05, 4.69) is 44.1 Å². The van der Waals surface area contributed by atoms with E-state index in [1.165, 1.54) is 57.8 Å². The summed E-state index contributed by atoms with van der Waals surface area (Å²) in [5, 5.41) is 109. The second kappa shape index (κ2) is 69.3. The molecule has 3 saturated heterocycles. The van der Waals surface area contributed by atoms with Crippen LogP contribution in [0.4, 0.5) is 0 Å². The van der Waals surface area contributed by atoms with Gasteiger partial charge in [-0.05, 0) is 83.0 Å². The van der Waals surface area contributed by atoms with Crippen molar-refractivity contribution >= 4 is 41.4 Å². The maximum atomic E-state index is 14.7. The van der Waals surface area contributed by atoms with Crippen molar-refractivity contribution in [2.24, 2.45) is 23.1 Å². The van der Waals surface area contributed by atoms with Crippen LogP contribution in [0, 0.1) is 5.92 Å². The van der Waals surface area contributed by atoms with Gasteiger partial charge in [0.05, 0.1) is 157 Å². The topological polar surface area (TPSA) is 602 Å². The molecule has 3 heterocycles. The van der Waals surface area contributed by atoms with Crippen LogP contribution in [0.3, 0.4) is 0 Å². The van der Waals surface area contributed by atoms with Crippen LogP contribution < -0.4 is 54.4 Å². The first-order valence-electron chi connectivity index (χ1n) is 44.3. The first kappa shape index (κ1) is 110. The van der Waals surface area contributed by atoms with Crippen molar-refractivity contribution in [3.05, 3.63) is 0 Å². The van der Waals surface area contributed by atoms with Crippen molar-refractivity contribution in [3.63, 3.8) is 0 Å². The van der Waals surface area contributed by atoms with Gasteiger partial charge in [-0.15, -0.1) is 0 Å². The molecule has 22 N–H and O–H groups in total. The Labute approximate surface area is 718 Å². The minimum atomic E-state index is -1.38. The molecule has 18 atom stereocenters. The second-order valence-corrected chi connectivity index (χ2v) is 31.1. The van der Waals surface area contributed by atoms with E-state index in [4.69, 9.17) is 88.3 Å². The molecule has 41 heteroatoms. The van der Waals surface area contributed by atoms with Crippen LogP contribution in [0.1, 0.15) is 174 Å². The summed E-state index contributed by atoms with van der Waals surface area (Å²) in [7, 11) is 0. The average Bonchev–Trinajstić information content (AvgIpc) is 0.830. The van der Waals surface area contributed by atoms with E-state index in [1.54, 1.807) is 0 Å². The number of unbranched alkanes of at least 4 members (excludes halogenated alkanes) is 15. The third kappa shape index (κ3) is 47.9. The molecule has 1 aliphatic carbocycles. The van der Waals surface area contributed by atoms with Crippen molar-refractivity contribution < 1.29 is 151 Å². The molecule has 0 aromatic carbocycles. The molecular weight excluding hydrogens is 1610 g/mol. The first-order valence-corrected chi connectivity index (χ1v) is 44.3. The highest BCUT2D eigenvalue weighted by Gasteiger charge is 2.46. The molecule has 4 rings (SSSR count). The Balaban J connectivity index is 1.32. The zero-order valence-electron chi connectivity index (χ0n) is 71.9. The van der Waals surface area contributed by atoms with Crippen molar-refractivity contribution in [1.82, 2.24) is 37.2 Å². The van der Waals surface area contributed by atoms with E-state index >= 15 is 0 Å². The zero-order valence-corrected chi connectivity index (χ0v) is 71.9. The summed E-state index contributed by atoms with van der Waals surface area (Å²) < 4.78 is 82.7. The molecule has 3 unspecified atom stereocenters. The van der Waals surface area contributed by atoms with Crippen LogP contribution in [-0.4, -0.2) is 382 Å². The lowest BCUT2D eigenvalue weighted by Gasteiger charge is -2.40.